The van der Waals surface area contributed by atoms with Crippen LogP contribution in [0.3, 0.4) is 0 Å². The van der Waals surface area contributed by atoms with Crippen LogP contribution in [0.4, 0.5) is 21.9 Å². The fourth-order valence-corrected chi connectivity index (χ4v) is 3.16. The Bertz CT molecular complexity index is 1130. The van der Waals surface area contributed by atoms with Gasteiger partial charge in [0.2, 0.25) is 5.91 Å². The van der Waals surface area contributed by atoms with Crippen molar-refractivity contribution >= 4 is 46.4 Å². The predicted octanol–water partition coefficient (Wildman–Crippen LogP) is 3.29. The van der Waals surface area contributed by atoms with E-state index in [0.29, 0.717) is 22.0 Å². The largest absolute Gasteiger partial charge is 0.465 e. The number of halogens is 1. The molecule has 0 bridgehead atoms. The first-order valence-electron chi connectivity index (χ1n) is 9.03. The van der Waals surface area contributed by atoms with Crippen molar-refractivity contribution in [1.29, 1.82) is 0 Å². The standard InChI is InChI=1S/C20H19ClN6O4/c1-26(2)17-8-16(25-20(30)31)15(7-14(17)21)24-19(29)9-18(28)12-4-3-5-13(6-12)27-11-22-10-23-27/h3-8,10-11,25H,9H2,1-2H3,(H,24,29)(H,30,31). The van der Waals surface area contributed by atoms with Crippen LogP contribution in [0.1, 0.15) is 16.8 Å². The van der Waals surface area contributed by atoms with Crippen LogP contribution in [0, 0.1) is 0 Å². The molecule has 0 aliphatic heterocycles. The number of carbonyl (C=O) groups is 3. The molecule has 0 aliphatic carbocycles. The van der Waals surface area contributed by atoms with Gasteiger partial charge in [0.15, 0.2) is 5.78 Å². The molecule has 3 N–H and O–H groups in total. The number of nitrogens with zero attached hydrogens (tertiary/aromatic N) is 4. The fraction of sp³-hybridized carbons (Fsp3) is 0.150. The van der Waals surface area contributed by atoms with E-state index in [1.165, 1.54) is 29.5 Å². The van der Waals surface area contributed by atoms with Crippen molar-refractivity contribution in [3.05, 3.63) is 59.6 Å². The lowest BCUT2D eigenvalue weighted by atomic mass is 10.1. The minimum Gasteiger partial charge on any atom is -0.465 e. The van der Waals surface area contributed by atoms with Crippen LogP contribution in [-0.2, 0) is 4.79 Å². The molecule has 0 saturated heterocycles. The van der Waals surface area contributed by atoms with E-state index in [1.807, 2.05) is 0 Å². The molecule has 10 nitrogen and oxygen atoms in total. The summed E-state index contributed by atoms with van der Waals surface area (Å²) in [6.07, 6.45) is 1.12. The molecular formula is C20H19ClN6O4. The van der Waals surface area contributed by atoms with Gasteiger partial charge in [0.05, 0.1) is 34.2 Å². The molecule has 0 spiro atoms. The number of amides is 2. The van der Waals surface area contributed by atoms with Crippen LogP contribution in [0.15, 0.2) is 49.1 Å². The number of Topliss-reactive ketones (excluding diaryl/α,β-unsaturated/α-hetero) is 1. The molecule has 31 heavy (non-hydrogen) atoms. The first-order chi connectivity index (χ1) is 14.7. The van der Waals surface area contributed by atoms with Gasteiger partial charge in [-0.15, -0.1) is 0 Å². The molecule has 3 rings (SSSR count). The van der Waals surface area contributed by atoms with E-state index >= 15 is 0 Å². The molecule has 0 aliphatic rings. The fourth-order valence-electron chi connectivity index (χ4n) is 2.83. The zero-order valence-corrected chi connectivity index (χ0v) is 17.4. The first kappa shape index (κ1) is 21.8. The molecule has 0 radical (unpaired) electrons. The van der Waals surface area contributed by atoms with Gasteiger partial charge < -0.3 is 15.3 Å². The molecule has 2 amide bonds. The maximum absolute atomic E-state index is 12.6. The van der Waals surface area contributed by atoms with Crippen molar-refractivity contribution in [1.82, 2.24) is 14.8 Å². The van der Waals surface area contributed by atoms with Crippen molar-refractivity contribution < 1.29 is 19.5 Å². The maximum atomic E-state index is 12.6. The summed E-state index contributed by atoms with van der Waals surface area (Å²) >= 11 is 6.24. The SMILES string of the molecule is CN(C)c1cc(NC(=O)O)c(NC(=O)CC(=O)c2cccc(-n3cncn3)c2)cc1Cl. The van der Waals surface area contributed by atoms with Gasteiger partial charge in [-0.3, -0.25) is 14.9 Å². The van der Waals surface area contributed by atoms with Gasteiger partial charge in [0.25, 0.3) is 0 Å². The van der Waals surface area contributed by atoms with E-state index in [-0.39, 0.29) is 11.4 Å². The van der Waals surface area contributed by atoms with Crippen molar-refractivity contribution in [2.24, 2.45) is 0 Å². The van der Waals surface area contributed by atoms with Crippen molar-refractivity contribution in [3.63, 3.8) is 0 Å². The number of hydrogen-bond acceptors (Lipinski definition) is 6. The molecule has 0 atom stereocenters. The minimum absolute atomic E-state index is 0.134. The lowest BCUT2D eigenvalue weighted by molar-refractivity contribution is -0.115. The zero-order chi connectivity index (χ0) is 22.5. The first-order valence-corrected chi connectivity index (χ1v) is 9.41. The average molecular weight is 443 g/mol. The summed E-state index contributed by atoms with van der Waals surface area (Å²) in [4.78, 5) is 41.8. The number of ketones is 1. The van der Waals surface area contributed by atoms with E-state index < -0.39 is 24.2 Å². The number of benzene rings is 2. The monoisotopic (exact) mass is 442 g/mol. The van der Waals surface area contributed by atoms with Gasteiger partial charge in [-0.2, -0.15) is 5.10 Å². The van der Waals surface area contributed by atoms with Crippen LogP contribution in [0.2, 0.25) is 5.02 Å². The topological polar surface area (TPSA) is 129 Å². The molecular weight excluding hydrogens is 424 g/mol. The average Bonchev–Trinajstić information content (AvgIpc) is 3.24. The Morgan fingerprint density at radius 1 is 1.13 bits per heavy atom. The molecule has 0 saturated carbocycles. The molecule has 11 heteroatoms. The lowest BCUT2D eigenvalue weighted by Crippen LogP contribution is -2.19. The van der Waals surface area contributed by atoms with Crippen LogP contribution in [0.25, 0.3) is 5.69 Å². The highest BCUT2D eigenvalue weighted by molar-refractivity contribution is 6.34. The third-order valence-electron chi connectivity index (χ3n) is 4.26. The van der Waals surface area contributed by atoms with Crippen molar-refractivity contribution in [2.45, 2.75) is 6.42 Å². The lowest BCUT2D eigenvalue weighted by Gasteiger charge is -2.19. The van der Waals surface area contributed by atoms with Crippen molar-refractivity contribution in [2.75, 3.05) is 29.6 Å². The Morgan fingerprint density at radius 2 is 1.87 bits per heavy atom. The molecule has 1 aromatic heterocycles. The molecule has 0 unspecified atom stereocenters. The molecule has 160 valence electrons. The van der Waals surface area contributed by atoms with E-state index in [4.69, 9.17) is 16.7 Å². The van der Waals surface area contributed by atoms with E-state index in [1.54, 1.807) is 43.3 Å². The Labute approximate surface area is 182 Å². The summed E-state index contributed by atoms with van der Waals surface area (Å²) in [6.45, 7) is 0. The van der Waals surface area contributed by atoms with Crippen LogP contribution in [0.5, 0.6) is 0 Å². The number of aromatic nitrogens is 3. The molecule has 3 aromatic rings. The van der Waals surface area contributed by atoms with Crippen LogP contribution in [-0.4, -0.2) is 51.7 Å². The quantitative estimate of drug-likeness (QED) is 0.378. The molecule has 1 heterocycles. The Balaban J connectivity index is 1.77. The second kappa shape index (κ2) is 9.26. The van der Waals surface area contributed by atoms with E-state index in [9.17, 15) is 14.4 Å². The van der Waals surface area contributed by atoms with E-state index in [0.717, 1.165) is 0 Å². The maximum Gasteiger partial charge on any atom is 0.409 e. The highest BCUT2D eigenvalue weighted by Gasteiger charge is 2.17. The summed E-state index contributed by atoms with van der Waals surface area (Å²) in [5.41, 5.74) is 1.79. The Morgan fingerprint density at radius 3 is 2.52 bits per heavy atom. The van der Waals surface area contributed by atoms with Gasteiger partial charge in [0.1, 0.15) is 12.7 Å². The highest BCUT2D eigenvalue weighted by Crippen LogP contribution is 2.34. The van der Waals surface area contributed by atoms with Crippen LogP contribution >= 0.6 is 11.6 Å². The number of carboxylic acid groups (broad SMARTS) is 1. The van der Waals surface area contributed by atoms with Gasteiger partial charge in [0, 0.05) is 19.7 Å². The summed E-state index contributed by atoms with van der Waals surface area (Å²) < 4.78 is 1.50. The predicted molar refractivity (Wildman–Crippen MR) is 116 cm³/mol. The molecule has 0 fully saturated rings. The summed E-state index contributed by atoms with van der Waals surface area (Å²) in [6, 6.07) is 9.55. The Kier molecular flexibility index (Phi) is 6.51. The number of anilines is 3. The number of rotatable bonds is 7. The van der Waals surface area contributed by atoms with Gasteiger partial charge in [-0.05, 0) is 24.3 Å². The van der Waals surface area contributed by atoms with Gasteiger partial charge in [-0.25, -0.2) is 14.5 Å². The third kappa shape index (κ3) is 5.37. The number of hydrogen-bond donors (Lipinski definition) is 3. The Hall–Kier alpha value is -3.92. The van der Waals surface area contributed by atoms with Crippen LogP contribution < -0.4 is 15.5 Å². The second-order valence-electron chi connectivity index (χ2n) is 6.71. The summed E-state index contributed by atoms with van der Waals surface area (Å²) in [7, 11) is 3.49. The normalized spacial score (nSPS) is 10.4. The van der Waals surface area contributed by atoms with Gasteiger partial charge in [-0.1, -0.05) is 23.7 Å². The summed E-state index contributed by atoms with van der Waals surface area (Å²) in [5, 5.41) is 18.2. The molecule has 2 aromatic carbocycles. The zero-order valence-electron chi connectivity index (χ0n) is 16.7. The highest BCUT2D eigenvalue weighted by atomic mass is 35.5. The van der Waals surface area contributed by atoms with E-state index in [2.05, 4.69) is 20.7 Å². The minimum atomic E-state index is -1.30. The van der Waals surface area contributed by atoms with Crippen molar-refractivity contribution in [3.8, 4) is 5.69 Å². The number of nitrogens with one attached hydrogen (secondary N) is 2. The number of carbonyl (C=O) groups excluding carboxylic acids is 2. The third-order valence-corrected chi connectivity index (χ3v) is 4.56. The summed E-state index contributed by atoms with van der Waals surface area (Å²) in [5.74, 6) is -1.03. The van der Waals surface area contributed by atoms with Gasteiger partial charge >= 0.3 is 6.09 Å². The second-order valence-corrected chi connectivity index (χ2v) is 7.12. The smallest absolute Gasteiger partial charge is 0.409 e.